The lowest BCUT2D eigenvalue weighted by Crippen LogP contribution is -2.22. The second kappa shape index (κ2) is 7.93. The number of nitrogens with zero attached hydrogens (tertiary/aromatic N) is 2. The Bertz CT molecular complexity index is 1380. The lowest BCUT2D eigenvalue weighted by atomic mass is 10.1. The standard InChI is InChI=1S/C23H14ClFN2O3/c24-18-12-14(8-10-19(18)25)9-11-21-26-20-7-2-1-6-17(20)22(28)27(21)16-5-3-4-15(13-16)23(29)30/h1-13H,(H,29,30)/b11-9+. The van der Waals surface area contributed by atoms with Crippen LogP contribution in [0, 0.1) is 5.82 Å². The molecule has 30 heavy (non-hydrogen) atoms. The predicted octanol–water partition coefficient (Wildman–Crippen LogP) is 5.05. The van der Waals surface area contributed by atoms with Gasteiger partial charge in [0.2, 0.25) is 0 Å². The number of rotatable bonds is 4. The first kappa shape index (κ1) is 19.5. The molecule has 0 radical (unpaired) electrons. The van der Waals surface area contributed by atoms with E-state index in [-0.39, 0.29) is 16.1 Å². The molecule has 0 aliphatic carbocycles. The van der Waals surface area contributed by atoms with Gasteiger partial charge in [-0.3, -0.25) is 9.36 Å². The number of carboxylic acids is 1. The van der Waals surface area contributed by atoms with Gasteiger partial charge in [0.15, 0.2) is 0 Å². The number of benzene rings is 3. The van der Waals surface area contributed by atoms with Gasteiger partial charge in [0.1, 0.15) is 11.6 Å². The molecular formula is C23H14ClFN2O3. The van der Waals surface area contributed by atoms with E-state index in [0.29, 0.717) is 28.0 Å². The van der Waals surface area contributed by atoms with Gasteiger partial charge in [0, 0.05) is 0 Å². The SMILES string of the molecule is O=C(O)c1cccc(-n2c(/C=C/c3ccc(F)c(Cl)c3)nc3ccccc3c2=O)c1. The molecule has 0 saturated carbocycles. The summed E-state index contributed by atoms with van der Waals surface area (Å²) in [6, 6.07) is 17.2. The minimum atomic E-state index is -1.10. The summed E-state index contributed by atoms with van der Waals surface area (Å²) in [6.07, 6.45) is 3.25. The summed E-state index contributed by atoms with van der Waals surface area (Å²) in [5, 5.41) is 9.69. The molecule has 3 aromatic carbocycles. The highest BCUT2D eigenvalue weighted by Crippen LogP contribution is 2.19. The molecule has 0 saturated heterocycles. The molecule has 0 unspecified atom stereocenters. The van der Waals surface area contributed by atoms with Crippen LogP contribution >= 0.6 is 11.6 Å². The van der Waals surface area contributed by atoms with Crippen molar-refractivity contribution in [2.45, 2.75) is 0 Å². The van der Waals surface area contributed by atoms with Gasteiger partial charge in [0.25, 0.3) is 5.56 Å². The van der Waals surface area contributed by atoms with Crippen molar-refractivity contribution in [3.05, 3.63) is 105 Å². The molecule has 1 heterocycles. The van der Waals surface area contributed by atoms with Crippen molar-refractivity contribution in [3.63, 3.8) is 0 Å². The minimum absolute atomic E-state index is 0.0184. The van der Waals surface area contributed by atoms with Crippen molar-refractivity contribution in [1.82, 2.24) is 9.55 Å². The van der Waals surface area contributed by atoms with E-state index < -0.39 is 11.8 Å². The topological polar surface area (TPSA) is 72.2 Å². The zero-order chi connectivity index (χ0) is 21.3. The zero-order valence-corrected chi connectivity index (χ0v) is 16.2. The molecule has 7 heteroatoms. The van der Waals surface area contributed by atoms with Crippen LogP contribution in [0.4, 0.5) is 4.39 Å². The Kier molecular flexibility index (Phi) is 5.16. The van der Waals surface area contributed by atoms with Crippen molar-refractivity contribution < 1.29 is 14.3 Å². The summed E-state index contributed by atoms with van der Waals surface area (Å²) in [6.45, 7) is 0. The van der Waals surface area contributed by atoms with Crippen LogP contribution in [0.1, 0.15) is 21.7 Å². The Morgan fingerprint density at radius 1 is 1.03 bits per heavy atom. The van der Waals surface area contributed by atoms with Gasteiger partial charge in [0.05, 0.1) is 27.2 Å². The Labute approximate surface area is 175 Å². The number of carbonyl (C=O) groups is 1. The number of fused-ring (bicyclic) bond motifs is 1. The van der Waals surface area contributed by atoms with Gasteiger partial charge in [-0.05, 0) is 54.1 Å². The van der Waals surface area contributed by atoms with E-state index in [4.69, 9.17) is 11.6 Å². The highest BCUT2D eigenvalue weighted by atomic mass is 35.5. The third-order valence-corrected chi connectivity index (χ3v) is 4.81. The van der Waals surface area contributed by atoms with Crippen LogP contribution in [0.2, 0.25) is 5.02 Å². The van der Waals surface area contributed by atoms with E-state index >= 15 is 0 Å². The van der Waals surface area contributed by atoms with E-state index in [1.54, 1.807) is 54.6 Å². The largest absolute Gasteiger partial charge is 0.478 e. The fraction of sp³-hybridized carbons (Fsp3) is 0. The highest BCUT2D eigenvalue weighted by molar-refractivity contribution is 6.30. The fourth-order valence-electron chi connectivity index (χ4n) is 3.08. The van der Waals surface area contributed by atoms with Gasteiger partial charge in [-0.1, -0.05) is 41.9 Å². The number of para-hydroxylation sites is 1. The van der Waals surface area contributed by atoms with Crippen molar-refractivity contribution in [2.24, 2.45) is 0 Å². The molecule has 0 fully saturated rings. The number of hydrogen-bond acceptors (Lipinski definition) is 3. The maximum absolute atomic E-state index is 13.4. The molecule has 4 rings (SSSR count). The highest BCUT2D eigenvalue weighted by Gasteiger charge is 2.13. The van der Waals surface area contributed by atoms with Gasteiger partial charge < -0.3 is 5.11 Å². The average molecular weight is 421 g/mol. The molecule has 0 aliphatic rings. The van der Waals surface area contributed by atoms with Crippen LogP contribution in [-0.4, -0.2) is 20.6 Å². The molecule has 0 bridgehead atoms. The van der Waals surface area contributed by atoms with Crippen molar-refractivity contribution in [3.8, 4) is 5.69 Å². The van der Waals surface area contributed by atoms with E-state index in [2.05, 4.69) is 4.98 Å². The Morgan fingerprint density at radius 2 is 1.83 bits per heavy atom. The van der Waals surface area contributed by atoms with Crippen molar-refractivity contribution >= 4 is 40.6 Å². The molecule has 1 aromatic heterocycles. The average Bonchev–Trinajstić information content (AvgIpc) is 2.75. The lowest BCUT2D eigenvalue weighted by Gasteiger charge is -2.12. The lowest BCUT2D eigenvalue weighted by molar-refractivity contribution is 0.0697. The Balaban J connectivity index is 1.93. The molecule has 0 aliphatic heterocycles. The summed E-state index contributed by atoms with van der Waals surface area (Å²) < 4.78 is 14.8. The maximum atomic E-state index is 13.4. The number of hydrogen-bond donors (Lipinski definition) is 1. The molecule has 4 aromatic rings. The van der Waals surface area contributed by atoms with Crippen LogP contribution in [-0.2, 0) is 0 Å². The zero-order valence-electron chi connectivity index (χ0n) is 15.4. The molecule has 0 spiro atoms. The van der Waals surface area contributed by atoms with Crippen LogP contribution in [0.5, 0.6) is 0 Å². The van der Waals surface area contributed by atoms with Crippen molar-refractivity contribution in [2.75, 3.05) is 0 Å². The summed E-state index contributed by atoms with van der Waals surface area (Å²) in [7, 11) is 0. The molecule has 0 atom stereocenters. The van der Waals surface area contributed by atoms with Gasteiger partial charge in [-0.25, -0.2) is 14.2 Å². The third-order valence-electron chi connectivity index (χ3n) is 4.52. The summed E-state index contributed by atoms with van der Waals surface area (Å²) in [5.41, 5.74) is 1.21. The Hall–Kier alpha value is -3.77. The maximum Gasteiger partial charge on any atom is 0.335 e. The van der Waals surface area contributed by atoms with E-state index in [1.807, 2.05) is 0 Å². The first-order valence-electron chi connectivity index (χ1n) is 8.93. The normalized spacial score (nSPS) is 11.3. The van der Waals surface area contributed by atoms with Gasteiger partial charge in [-0.2, -0.15) is 0 Å². The second-order valence-electron chi connectivity index (χ2n) is 6.49. The summed E-state index contributed by atoms with van der Waals surface area (Å²) in [5.74, 6) is -1.33. The molecule has 0 amide bonds. The number of aromatic carboxylic acids is 1. The molecule has 1 N–H and O–H groups in total. The summed E-state index contributed by atoms with van der Waals surface area (Å²) in [4.78, 5) is 29.2. The van der Waals surface area contributed by atoms with E-state index in [0.717, 1.165) is 0 Å². The first-order chi connectivity index (χ1) is 14.4. The number of carboxylic acid groups (broad SMARTS) is 1. The smallest absolute Gasteiger partial charge is 0.335 e. The number of halogens is 2. The van der Waals surface area contributed by atoms with Crippen LogP contribution in [0.15, 0.2) is 71.5 Å². The van der Waals surface area contributed by atoms with E-state index in [9.17, 15) is 19.1 Å². The summed E-state index contributed by atoms with van der Waals surface area (Å²) >= 11 is 5.84. The first-order valence-corrected chi connectivity index (χ1v) is 9.30. The second-order valence-corrected chi connectivity index (χ2v) is 6.90. The van der Waals surface area contributed by atoms with Crippen LogP contribution < -0.4 is 5.56 Å². The van der Waals surface area contributed by atoms with Crippen LogP contribution in [0.25, 0.3) is 28.7 Å². The minimum Gasteiger partial charge on any atom is -0.478 e. The molecular weight excluding hydrogens is 407 g/mol. The van der Waals surface area contributed by atoms with Gasteiger partial charge in [-0.15, -0.1) is 0 Å². The van der Waals surface area contributed by atoms with Crippen LogP contribution in [0.3, 0.4) is 0 Å². The quantitative estimate of drug-likeness (QED) is 0.501. The number of aromatic nitrogens is 2. The molecule has 5 nitrogen and oxygen atoms in total. The molecule has 148 valence electrons. The monoisotopic (exact) mass is 420 g/mol. The van der Waals surface area contributed by atoms with E-state index in [1.165, 1.54) is 28.8 Å². The van der Waals surface area contributed by atoms with Gasteiger partial charge >= 0.3 is 5.97 Å². The third kappa shape index (κ3) is 3.73. The fourth-order valence-corrected chi connectivity index (χ4v) is 3.27. The Morgan fingerprint density at radius 3 is 2.60 bits per heavy atom. The van der Waals surface area contributed by atoms with Crippen molar-refractivity contribution in [1.29, 1.82) is 0 Å². The predicted molar refractivity (Wildman–Crippen MR) is 115 cm³/mol.